The van der Waals surface area contributed by atoms with Crippen molar-refractivity contribution >= 4 is 5.57 Å². The van der Waals surface area contributed by atoms with Crippen LogP contribution in [0.4, 0.5) is 0 Å². The number of hydrogen-bond donors (Lipinski definition) is 1. The van der Waals surface area contributed by atoms with Gasteiger partial charge in [0.1, 0.15) is 0 Å². The van der Waals surface area contributed by atoms with E-state index in [0.717, 1.165) is 0 Å². The molecule has 0 fully saturated rings. The third kappa shape index (κ3) is 1.22. The van der Waals surface area contributed by atoms with Crippen molar-refractivity contribution in [1.82, 2.24) is 4.98 Å². The molecule has 1 nitrogen and oxygen atoms in total. The first-order valence-corrected chi connectivity index (χ1v) is 3.10. The lowest BCUT2D eigenvalue weighted by Gasteiger charge is -1.90. The van der Waals surface area contributed by atoms with Gasteiger partial charge in [0.15, 0.2) is 0 Å². The van der Waals surface area contributed by atoms with Crippen LogP contribution >= 0.6 is 0 Å². The molecule has 0 saturated heterocycles. The Morgan fingerprint density at radius 2 is 2.44 bits per heavy atom. The van der Waals surface area contributed by atoms with Crippen LogP contribution in [-0.4, -0.2) is 4.98 Å². The van der Waals surface area contributed by atoms with E-state index in [4.69, 9.17) is 0 Å². The van der Waals surface area contributed by atoms with Crippen LogP contribution in [0.2, 0.25) is 0 Å². The molecule has 1 heterocycles. The highest BCUT2D eigenvalue weighted by Gasteiger charge is 1.90. The molecule has 0 saturated carbocycles. The largest absolute Gasteiger partial charge is 0.367 e. The minimum Gasteiger partial charge on any atom is -0.367 e. The van der Waals surface area contributed by atoms with E-state index in [1.54, 1.807) is 0 Å². The Labute approximate surface area is 55.4 Å². The van der Waals surface area contributed by atoms with Crippen molar-refractivity contribution in [3.63, 3.8) is 0 Å². The summed E-state index contributed by atoms with van der Waals surface area (Å²) in [5, 5.41) is 0. The molecular weight excluding hydrogens is 110 g/mol. The van der Waals surface area contributed by atoms with Gasteiger partial charge >= 0.3 is 0 Å². The molecule has 1 N–H and O–H groups in total. The fraction of sp³-hybridized carbons (Fsp3) is 0.250. The lowest BCUT2D eigenvalue weighted by molar-refractivity contribution is 1.40. The van der Waals surface area contributed by atoms with Gasteiger partial charge in [-0.3, -0.25) is 0 Å². The van der Waals surface area contributed by atoms with Gasteiger partial charge in [0.25, 0.3) is 0 Å². The Hall–Kier alpha value is -0.980. The van der Waals surface area contributed by atoms with Crippen molar-refractivity contribution in [1.29, 1.82) is 0 Å². The summed E-state index contributed by atoms with van der Waals surface area (Å²) in [6.07, 6.45) is 6.03. The molecule has 1 heteroatoms. The topological polar surface area (TPSA) is 15.8 Å². The summed E-state index contributed by atoms with van der Waals surface area (Å²) in [6, 6.07) is 2.06. The molecule has 9 heavy (non-hydrogen) atoms. The van der Waals surface area contributed by atoms with Crippen molar-refractivity contribution in [2.45, 2.75) is 13.8 Å². The first-order valence-electron chi connectivity index (χ1n) is 3.10. The summed E-state index contributed by atoms with van der Waals surface area (Å²) in [6.45, 7) is 4.14. The van der Waals surface area contributed by atoms with Crippen LogP contribution in [0.15, 0.2) is 24.5 Å². The van der Waals surface area contributed by atoms with Gasteiger partial charge in [-0.1, -0.05) is 6.08 Å². The summed E-state index contributed by atoms with van der Waals surface area (Å²) >= 11 is 0. The third-order valence-corrected chi connectivity index (χ3v) is 1.49. The van der Waals surface area contributed by atoms with E-state index in [1.165, 1.54) is 11.1 Å². The smallest absolute Gasteiger partial charge is 0.00806 e. The zero-order valence-electron chi connectivity index (χ0n) is 5.81. The van der Waals surface area contributed by atoms with Crippen LogP contribution in [0.25, 0.3) is 5.57 Å². The van der Waals surface area contributed by atoms with E-state index in [9.17, 15) is 0 Å². The normalized spacial score (nSPS) is 12.0. The Kier molecular flexibility index (Phi) is 1.73. The number of allylic oxidation sites excluding steroid dienone is 2. The Morgan fingerprint density at radius 3 is 2.89 bits per heavy atom. The van der Waals surface area contributed by atoms with Gasteiger partial charge in [-0.15, -0.1) is 0 Å². The van der Waals surface area contributed by atoms with Gasteiger partial charge in [-0.2, -0.15) is 0 Å². The maximum atomic E-state index is 3.00. The number of aromatic nitrogens is 1. The van der Waals surface area contributed by atoms with Gasteiger partial charge in [0.2, 0.25) is 0 Å². The number of H-pyrrole nitrogens is 1. The van der Waals surface area contributed by atoms with Crippen LogP contribution in [-0.2, 0) is 0 Å². The summed E-state index contributed by atoms with van der Waals surface area (Å²) in [5.74, 6) is 0. The molecule has 48 valence electrons. The minimum absolute atomic E-state index is 1.28. The van der Waals surface area contributed by atoms with Crippen LogP contribution in [0.3, 0.4) is 0 Å². The molecular formula is C8H11N. The van der Waals surface area contributed by atoms with Gasteiger partial charge in [0, 0.05) is 12.4 Å². The van der Waals surface area contributed by atoms with Crippen molar-refractivity contribution < 1.29 is 0 Å². The van der Waals surface area contributed by atoms with E-state index < -0.39 is 0 Å². The highest BCUT2D eigenvalue weighted by atomic mass is 14.6. The summed E-state index contributed by atoms with van der Waals surface area (Å²) < 4.78 is 0. The highest BCUT2D eigenvalue weighted by molar-refractivity contribution is 5.62. The Bertz CT molecular complexity index is 194. The summed E-state index contributed by atoms with van der Waals surface area (Å²) in [7, 11) is 0. The van der Waals surface area contributed by atoms with Crippen LogP contribution in [0.5, 0.6) is 0 Å². The first-order chi connectivity index (χ1) is 4.34. The molecule has 0 aliphatic carbocycles. The zero-order valence-corrected chi connectivity index (χ0v) is 5.81. The predicted octanol–water partition coefficient (Wildman–Crippen LogP) is 2.44. The third-order valence-electron chi connectivity index (χ3n) is 1.49. The molecule has 0 radical (unpaired) electrons. The number of hydrogen-bond acceptors (Lipinski definition) is 0. The molecule has 0 unspecified atom stereocenters. The van der Waals surface area contributed by atoms with E-state index in [2.05, 4.69) is 24.1 Å². The number of aromatic amines is 1. The lowest BCUT2D eigenvalue weighted by atomic mass is 10.1. The van der Waals surface area contributed by atoms with E-state index >= 15 is 0 Å². The summed E-state index contributed by atoms with van der Waals surface area (Å²) in [5.41, 5.74) is 2.59. The second-order valence-corrected chi connectivity index (χ2v) is 2.07. The number of rotatable bonds is 1. The molecule has 0 atom stereocenters. The van der Waals surface area contributed by atoms with Crippen LogP contribution in [0, 0.1) is 0 Å². The second-order valence-electron chi connectivity index (χ2n) is 2.07. The Balaban J connectivity index is 2.90. The maximum Gasteiger partial charge on any atom is 0.00806 e. The quantitative estimate of drug-likeness (QED) is 0.587. The van der Waals surface area contributed by atoms with Gasteiger partial charge in [0.05, 0.1) is 0 Å². The van der Waals surface area contributed by atoms with Gasteiger partial charge in [-0.05, 0) is 31.1 Å². The molecule has 0 amide bonds. The van der Waals surface area contributed by atoms with E-state index in [1.807, 2.05) is 19.3 Å². The molecule has 1 rings (SSSR count). The van der Waals surface area contributed by atoms with Crippen molar-refractivity contribution in [2.75, 3.05) is 0 Å². The van der Waals surface area contributed by atoms with Crippen LogP contribution in [0.1, 0.15) is 19.4 Å². The van der Waals surface area contributed by atoms with Crippen molar-refractivity contribution in [2.24, 2.45) is 0 Å². The number of nitrogens with one attached hydrogen (secondary N) is 1. The second kappa shape index (κ2) is 2.53. The lowest BCUT2D eigenvalue weighted by Crippen LogP contribution is -1.69. The average Bonchev–Trinajstić information content (AvgIpc) is 2.37. The standard InChI is InChI=1S/C8H11N/c1-3-7(2)8-4-5-9-6-8/h3-6,9H,1-2H3/b7-3+. The molecule has 0 aliphatic heterocycles. The zero-order chi connectivity index (χ0) is 6.69. The average molecular weight is 121 g/mol. The minimum atomic E-state index is 1.28. The van der Waals surface area contributed by atoms with Gasteiger partial charge < -0.3 is 4.98 Å². The predicted molar refractivity (Wildman–Crippen MR) is 40.1 cm³/mol. The summed E-state index contributed by atoms with van der Waals surface area (Å²) in [4.78, 5) is 3.00. The highest BCUT2D eigenvalue weighted by Crippen LogP contribution is 2.10. The SMILES string of the molecule is C/C=C(\C)c1cc[nH]c1. The molecule has 1 aromatic heterocycles. The fourth-order valence-electron chi connectivity index (χ4n) is 0.736. The molecule has 0 aromatic carbocycles. The molecule has 0 aliphatic rings. The Morgan fingerprint density at radius 1 is 1.67 bits per heavy atom. The molecule has 1 aromatic rings. The fourth-order valence-corrected chi connectivity index (χ4v) is 0.736. The molecule has 0 spiro atoms. The van der Waals surface area contributed by atoms with Crippen molar-refractivity contribution in [3.05, 3.63) is 30.1 Å². The van der Waals surface area contributed by atoms with Crippen molar-refractivity contribution in [3.8, 4) is 0 Å². The van der Waals surface area contributed by atoms with Crippen LogP contribution < -0.4 is 0 Å². The van der Waals surface area contributed by atoms with E-state index in [0.29, 0.717) is 0 Å². The van der Waals surface area contributed by atoms with E-state index in [-0.39, 0.29) is 0 Å². The maximum absolute atomic E-state index is 3.00. The van der Waals surface area contributed by atoms with Gasteiger partial charge in [-0.25, -0.2) is 0 Å². The first kappa shape index (κ1) is 6.14. The molecule has 0 bridgehead atoms. The monoisotopic (exact) mass is 121 g/mol.